The molecule has 26 heavy (non-hydrogen) atoms. The van der Waals surface area contributed by atoms with E-state index in [4.69, 9.17) is 9.15 Å². The maximum atomic E-state index is 12.7. The smallest absolute Gasteiger partial charge is 0.261 e. The molecular formula is C18H20BrNO5S. The van der Waals surface area contributed by atoms with Gasteiger partial charge in [-0.15, -0.1) is 0 Å². The molecule has 2 heterocycles. The predicted molar refractivity (Wildman–Crippen MR) is 101 cm³/mol. The van der Waals surface area contributed by atoms with Crippen molar-refractivity contribution in [3.63, 3.8) is 0 Å². The number of hydrogen-bond acceptors (Lipinski definition) is 5. The molecular weight excluding hydrogens is 422 g/mol. The Morgan fingerprint density at radius 1 is 1.27 bits per heavy atom. The van der Waals surface area contributed by atoms with Crippen LogP contribution in [0.3, 0.4) is 0 Å². The van der Waals surface area contributed by atoms with Gasteiger partial charge in [0.1, 0.15) is 11.5 Å². The van der Waals surface area contributed by atoms with Crippen LogP contribution in [0.15, 0.2) is 45.5 Å². The second kappa shape index (κ2) is 7.84. The highest BCUT2D eigenvalue weighted by Crippen LogP contribution is 2.23. The van der Waals surface area contributed by atoms with Crippen molar-refractivity contribution < 1.29 is 22.4 Å². The Hall–Kier alpha value is -1.80. The van der Waals surface area contributed by atoms with Crippen LogP contribution in [0.4, 0.5) is 0 Å². The molecule has 1 fully saturated rings. The fourth-order valence-electron chi connectivity index (χ4n) is 2.91. The lowest BCUT2D eigenvalue weighted by atomic mass is 10.2. The molecule has 3 rings (SSSR count). The molecule has 1 amide bonds. The highest BCUT2D eigenvalue weighted by molar-refractivity contribution is 9.10. The second-order valence-corrected chi connectivity index (χ2v) is 9.40. The first kappa shape index (κ1) is 19.0. The molecule has 1 aromatic heterocycles. The fourth-order valence-corrected chi connectivity index (χ4v) is 4.98. The lowest BCUT2D eigenvalue weighted by molar-refractivity contribution is -0.136. The van der Waals surface area contributed by atoms with Crippen LogP contribution in [-0.2, 0) is 21.2 Å². The van der Waals surface area contributed by atoms with E-state index in [-0.39, 0.29) is 36.6 Å². The molecule has 0 spiro atoms. The van der Waals surface area contributed by atoms with Crippen LogP contribution in [0, 0.1) is 6.92 Å². The third kappa shape index (κ3) is 4.88. The summed E-state index contributed by atoms with van der Waals surface area (Å²) in [6, 6.07) is 10.6. The largest absolute Gasteiger partial charge is 0.484 e. The molecule has 1 saturated heterocycles. The van der Waals surface area contributed by atoms with E-state index < -0.39 is 9.84 Å². The van der Waals surface area contributed by atoms with Gasteiger partial charge < -0.3 is 14.1 Å². The highest BCUT2D eigenvalue weighted by Gasteiger charge is 2.35. The zero-order valence-corrected chi connectivity index (χ0v) is 16.8. The third-order valence-corrected chi connectivity index (χ3v) is 6.48. The number of carbonyl (C=O) groups is 1. The van der Waals surface area contributed by atoms with Crippen LogP contribution in [0.1, 0.15) is 17.7 Å². The Balaban J connectivity index is 1.71. The quantitative estimate of drug-likeness (QED) is 0.688. The number of carbonyl (C=O) groups excluding carboxylic acids is 1. The number of halogens is 1. The van der Waals surface area contributed by atoms with E-state index in [2.05, 4.69) is 15.9 Å². The number of aryl methyl sites for hydroxylation is 1. The zero-order chi connectivity index (χ0) is 18.7. The van der Waals surface area contributed by atoms with Gasteiger partial charge in [-0.1, -0.05) is 17.7 Å². The molecule has 1 aliphatic rings. The molecule has 1 unspecified atom stereocenters. The van der Waals surface area contributed by atoms with Gasteiger partial charge in [-0.25, -0.2) is 8.42 Å². The first-order valence-corrected chi connectivity index (χ1v) is 10.9. The van der Waals surface area contributed by atoms with E-state index in [9.17, 15) is 13.2 Å². The van der Waals surface area contributed by atoms with Crippen molar-refractivity contribution in [1.29, 1.82) is 0 Å². The van der Waals surface area contributed by atoms with E-state index in [1.165, 1.54) is 0 Å². The van der Waals surface area contributed by atoms with Crippen molar-refractivity contribution in [1.82, 2.24) is 4.90 Å². The number of amides is 1. The normalized spacial score (nSPS) is 18.6. The summed E-state index contributed by atoms with van der Waals surface area (Å²) in [5.74, 6) is 1.00. The molecule has 8 heteroatoms. The number of rotatable bonds is 6. The average molecular weight is 442 g/mol. The van der Waals surface area contributed by atoms with Crippen molar-refractivity contribution in [3.8, 4) is 5.75 Å². The van der Waals surface area contributed by atoms with Crippen LogP contribution in [0.2, 0.25) is 0 Å². The maximum absolute atomic E-state index is 12.7. The molecule has 1 atom stereocenters. The summed E-state index contributed by atoms with van der Waals surface area (Å²) in [6.45, 7) is 2.03. The molecule has 0 bridgehead atoms. The summed E-state index contributed by atoms with van der Waals surface area (Å²) in [6.07, 6.45) is 0.431. The van der Waals surface area contributed by atoms with Crippen molar-refractivity contribution >= 4 is 31.7 Å². The lowest BCUT2D eigenvalue weighted by Gasteiger charge is -2.27. The monoisotopic (exact) mass is 441 g/mol. The first-order chi connectivity index (χ1) is 12.3. The number of sulfone groups is 1. The van der Waals surface area contributed by atoms with Gasteiger partial charge in [-0.3, -0.25) is 4.79 Å². The lowest BCUT2D eigenvalue weighted by Crippen LogP contribution is -2.43. The number of benzene rings is 1. The van der Waals surface area contributed by atoms with Gasteiger partial charge in [0.2, 0.25) is 0 Å². The van der Waals surface area contributed by atoms with Gasteiger partial charge >= 0.3 is 0 Å². The molecule has 140 valence electrons. The van der Waals surface area contributed by atoms with Gasteiger partial charge in [-0.2, -0.15) is 0 Å². The molecule has 2 aromatic rings. The first-order valence-electron chi connectivity index (χ1n) is 8.26. The summed E-state index contributed by atoms with van der Waals surface area (Å²) in [4.78, 5) is 14.3. The Bertz CT molecular complexity index is 875. The fraction of sp³-hybridized carbons (Fsp3) is 0.389. The highest BCUT2D eigenvalue weighted by atomic mass is 79.9. The topological polar surface area (TPSA) is 76.8 Å². The van der Waals surface area contributed by atoms with Gasteiger partial charge in [0.05, 0.1) is 18.1 Å². The molecule has 0 aliphatic carbocycles. The minimum atomic E-state index is -3.11. The summed E-state index contributed by atoms with van der Waals surface area (Å²) in [5, 5.41) is 0. The zero-order valence-electron chi connectivity index (χ0n) is 14.4. The number of nitrogens with zero attached hydrogens (tertiary/aromatic N) is 1. The maximum Gasteiger partial charge on any atom is 0.261 e. The van der Waals surface area contributed by atoms with Crippen molar-refractivity contribution in [2.45, 2.75) is 25.9 Å². The third-order valence-electron chi connectivity index (χ3n) is 4.31. The van der Waals surface area contributed by atoms with E-state index in [1.807, 2.05) is 19.1 Å². The Morgan fingerprint density at radius 3 is 2.58 bits per heavy atom. The van der Waals surface area contributed by atoms with Crippen LogP contribution in [-0.4, -0.2) is 43.4 Å². The minimum absolute atomic E-state index is 0.0227. The van der Waals surface area contributed by atoms with Gasteiger partial charge in [0.15, 0.2) is 21.1 Å². The minimum Gasteiger partial charge on any atom is -0.484 e. The van der Waals surface area contributed by atoms with Crippen molar-refractivity contribution in [3.05, 3.63) is 52.4 Å². The van der Waals surface area contributed by atoms with E-state index >= 15 is 0 Å². The van der Waals surface area contributed by atoms with Crippen LogP contribution >= 0.6 is 15.9 Å². The Kier molecular flexibility index (Phi) is 5.72. The van der Waals surface area contributed by atoms with Crippen LogP contribution in [0.5, 0.6) is 5.75 Å². The molecule has 1 aliphatic heterocycles. The molecule has 1 aromatic carbocycles. The van der Waals surface area contributed by atoms with E-state index in [1.54, 1.807) is 29.2 Å². The van der Waals surface area contributed by atoms with Crippen LogP contribution < -0.4 is 4.74 Å². The van der Waals surface area contributed by atoms with Crippen LogP contribution in [0.25, 0.3) is 0 Å². The summed E-state index contributed by atoms with van der Waals surface area (Å²) >= 11 is 3.24. The van der Waals surface area contributed by atoms with Crippen molar-refractivity contribution in [2.75, 3.05) is 18.1 Å². The Labute approximate surface area is 161 Å². The Morgan fingerprint density at radius 2 is 2.00 bits per heavy atom. The van der Waals surface area contributed by atoms with Gasteiger partial charge in [-0.05, 0) is 53.5 Å². The predicted octanol–water partition coefficient (Wildman–Crippen LogP) is 2.95. The summed E-state index contributed by atoms with van der Waals surface area (Å²) in [7, 11) is -3.11. The number of furan rings is 1. The molecule has 0 radical (unpaired) electrons. The van der Waals surface area contributed by atoms with E-state index in [0.29, 0.717) is 22.6 Å². The summed E-state index contributed by atoms with van der Waals surface area (Å²) in [5.41, 5.74) is 1.10. The average Bonchev–Trinajstić information content (AvgIpc) is 3.16. The molecule has 0 N–H and O–H groups in total. The second-order valence-electron chi connectivity index (χ2n) is 6.39. The van der Waals surface area contributed by atoms with Crippen molar-refractivity contribution in [2.24, 2.45) is 0 Å². The van der Waals surface area contributed by atoms with E-state index in [0.717, 1.165) is 5.56 Å². The van der Waals surface area contributed by atoms with Gasteiger partial charge in [0, 0.05) is 6.04 Å². The molecule has 6 nitrogen and oxygen atoms in total. The summed E-state index contributed by atoms with van der Waals surface area (Å²) < 4.78 is 35.3. The molecule has 0 saturated carbocycles. The SMILES string of the molecule is Cc1ccc(OCC(=O)N(Cc2ccc(Br)o2)C2CCS(=O)(=O)C2)cc1. The number of hydrogen-bond donors (Lipinski definition) is 0. The standard InChI is InChI=1S/C18H20BrNO5S/c1-13-2-4-15(5-3-13)24-11-18(21)20(10-16-6-7-17(19)25-16)14-8-9-26(22,23)12-14/h2-7,14H,8-12H2,1H3. The number of ether oxygens (including phenoxy) is 1. The van der Waals surface area contributed by atoms with Gasteiger partial charge in [0.25, 0.3) is 5.91 Å².